The van der Waals surface area contributed by atoms with E-state index in [4.69, 9.17) is 4.98 Å². The number of aromatic amines is 2. The van der Waals surface area contributed by atoms with Gasteiger partial charge in [0, 0.05) is 33.6 Å². The number of carbonyl (C=O) groups is 1. The van der Waals surface area contributed by atoms with E-state index in [2.05, 4.69) is 15.0 Å². The van der Waals surface area contributed by atoms with Gasteiger partial charge >= 0.3 is 0 Å². The highest BCUT2D eigenvalue weighted by atomic mass is 16.1. The number of Topliss-reactive ketones (excluding diaryl/α,β-unsaturated/α-hetero) is 1. The molecule has 29 heavy (non-hydrogen) atoms. The SMILES string of the molecule is CC(C)C(=O)C1=Cc2cc3ccc(cc4nc(cc5ccc(cc1n2)[nH]5)C=C4)[nH]3. The molecule has 8 bridgehead atoms. The van der Waals surface area contributed by atoms with Crippen LogP contribution in [0.15, 0.2) is 48.5 Å². The highest BCUT2D eigenvalue weighted by Gasteiger charge is 2.20. The number of carbonyl (C=O) groups excluding carboxylic acids is 1. The molecule has 0 saturated heterocycles. The lowest BCUT2D eigenvalue weighted by Gasteiger charge is -2.03. The van der Waals surface area contributed by atoms with Crippen LogP contribution in [0.3, 0.4) is 0 Å². The van der Waals surface area contributed by atoms with Gasteiger partial charge in [0.15, 0.2) is 5.78 Å². The normalized spacial score (nSPS) is 13.0. The fraction of sp³-hybridized carbons (Fsp3) is 0.125. The quantitative estimate of drug-likeness (QED) is 0.499. The van der Waals surface area contributed by atoms with Crippen molar-refractivity contribution < 1.29 is 4.79 Å². The van der Waals surface area contributed by atoms with Crippen molar-refractivity contribution in [1.29, 1.82) is 0 Å². The summed E-state index contributed by atoms with van der Waals surface area (Å²) in [5.74, 6) is -0.00159. The average Bonchev–Trinajstić information content (AvgIpc) is 3.45. The van der Waals surface area contributed by atoms with Gasteiger partial charge in [0.2, 0.25) is 0 Å². The van der Waals surface area contributed by atoms with Gasteiger partial charge in [-0.25, -0.2) is 9.97 Å². The van der Waals surface area contributed by atoms with Gasteiger partial charge in [-0.3, -0.25) is 4.79 Å². The number of hydrogen-bond donors (Lipinski definition) is 2. The molecule has 3 aromatic heterocycles. The van der Waals surface area contributed by atoms with Crippen molar-refractivity contribution in [2.75, 3.05) is 0 Å². The fourth-order valence-electron chi connectivity index (χ4n) is 3.52. The van der Waals surface area contributed by atoms with Crippen LogP contribution in [0.2, 0.25) is 0 Å². The molecule has 2 aliphatic heterocycles. The van der Waals surface area contributed by atoms with Crippen LogP contribution in [-0.4, -0.2) is 25.7 Å². The van der Waals surface area contributed by atoms with Crippen LogP contribution >= 0.6 is 0 Å². The first-order valence-electron chi connectivity index (χ1n) is 9.66. The predicted octanol–water partition coefficient (Wildman–Crippen LogP) is 5.25. The topological polar surface area (TPSA) is 74.4 Å². The Morgan fingerprint density at radius 3 is 1.83 bits per heavy atom. The molecule has 2 N–H and O–H groups in total. The van der Waals surface area contributed by atoms with Crippen LogP contribution in [-0.2, 0) is 4.79 Å². The maximum atomic E-state index is 12.7. The molecule has 5 rings (SSSR count). The molecule has 0 fully saturated rings. The Bertz CT molecular complexity index is 1350. The van der Waals surface area contributed by atoms with Crippen molar-refractivity contribution in [1.82, 2.24) is 19.9 Å². The van der Waals surface area contributed by atoms with Crippen LogP contribution in [0.1, 0.15) is 36.6 Å². The number of nitrogens with one attached hydrogen (secondary N) is 2. The van der Waals surface area contributed by atoms with E-state index in [1.54, 1.807) is 0 Å². The van der Waals surface area contributed by atoms with Gasteiger partial charge in [0.05, 0.1) is 22.8 Å². The van der Waals surface area contributed by atoms with Gasteiger partial charge < -0.3 is 9.97 Å². The molecule has 0 aliphatic carbocycles. The predicted molar refractivity (Wildman–Crippen MR) is 118 cm³/mol. The summed E-state index contributed by atoms with van der Waals surface area (Å²) in [6.07, 6.45) is 5.86. The summed E-state index contributed by atoms with van der Waals surface area (Å²) >= 11 is 0. The lowest BCUT2D eigenvalue weighted by molar-refractivity contribution is -0.116. The monoisotopic (exact) mass is 380 g/mol. The molecule has 142 valence electrons. The molecule has 0 amide bonds. The molecular formula is C24H20N4O. The van der Waals surface area contributed by atoms with Gasteiger partial charge in [0.1, 0.15) is 0 Å². The number of H-pyrrole nitrogens is 2. The number of hydrogen-bond acceptors (Lipinski definition) is 3. The minimum absolute atomic E-state index is 0.0911. The Morgan fingerprint density at radius 1 is 0.759 bits per heavy atom. The molecule has 5 nitrogen and oxygen atoms in total. The maximum absolute atomic E-state index is 12.7. The van der Waals surface area contributed by atoms with E-state index < -0.39 is 0 Å². The molecule has 3 aromatic rings. The van der Waals surface area contributed by atoms with Crippen LogP contribution in [0, 0.1) is 5.92 Å². The number of aromatic nitrogens is 4. The van der Waals surface area contributed by atoms with Crippen LogP contribution in [0.4, 0.5) is 0 Å². The Hall–Kier alpha value is -3.73. The van der Waals surface area contributed by atoms with Crippen LogP contribution < -0.4 is 0 Å². The second kappa shape index (κ2) is 6.71. The van der Waals surface area contributed by atoms with E-state index in [0.717, 1.165) is 39.1 Å². The summed E-state index contributed by atoms with van der Waals surface area (Å²) in [7, 11) is 0. The minimum Gasteiger partial charge on any atom is -0.355 e. The zero-order valence-corrected chi connectivity index (χ0v) is 16.2. The smallest absolute Gasteiger partial charge is 0.167 e. The first-order chi connectivity index (χ1) is 14.0. The summed E-state index contributed by atoms with van der Waals surface area (Å²) in [4.78, 5) is 28.8. The minimum atomic E-state index is -0.0927. The lowest BCUT2D eigenvalue weighted by atomic mass is 9.99. The van der Waals surface area contributed by atoms with Gasteiger partial charge in [-0.15, -0.1) is 0 Å². The molecule has 5 heterocycles. The summed E-state index contributed by atoms with van der Waals surface area (Å²) in [6, 6.07) is 15.9. The summed E-state index contributed by atoms with van der Waals surface area (Å²) < 4.78 is 0. The molecule has 0 atom stereocenters. The second-order valence-electron chi connectivity index (χ2n) is 7.61. The largest absolute Gasteiger partial charge is 0.355 e. The lowest BCUT2D eigenvalue weighted by Crippen LogP contribution is -2.08. The number of fused-ring (bicyclic) bond motifs is 8. The molecule has 5 heteroatoms. The van der Waals surface area contributed by atoms with E-state index in [1.807, 2.05) is 80.6 Å². The zero-order valence-electron chi connectivity index (χ0n) is 16.2. The first-order valence-corrected chi connectivity index (χ1v) is 9.66. The standard InChI is InChI=1S/C24H20N4O/c1-14(2)24(29)22-12-21-11-19-6-5-17(26-19)9-15-3-4-16(25-15)10-18-7-8-20(27-18)13-23(22)28-21/h3-14,26-27H,1-2H3. The molecule has 0 aromatic carbocycles. The second-order valence-corrected chi connectivity index (χ2v) is 7.61. The summed E-state index contributed by atoms with van der Waals surface area (Å²) in [6.45, 7) is 3.82. The van der Waals surface area contributed by atoms with Crippen molar-refractivity contribution in [2.45, 2.75) is 13.8 Å². The Balaban J connectivity index is 1.81. The summed E-state index contributed by atoms with van der Waals surface area (Å²) in [5.41, 5.74) is 7.61. The molecule has 0 saturated carbocycles. The zero-order chi connectivity index (χ0) is 20.0. The molecule has 0 radical (unpaired) electrons. The third-order valence-electron chi connectivity index (χ3n) is 4.96. The van der Waals surface area contributed by atoms with Gasteiger partial charge in [-0.2, -0.15) is 0 Å². The molecule has 0 unspecified atom stereocenters. The fourth-order valence-corrected chi connectivity index (χ4v) is 3.52. The number of rotatable bonds is 2. The van der Waals surface area contributed by atoms with Gasteiger partial charge in [-0.05, 0) is 66.8 Å². The highest BCUT2D eigenvalue weighted by molar-refractivity contribution is 6.26. The third kappa shape index (κ3) is 3.43. The Morgan fingerprint density at radius 2 is 1.28 bits per heavy atom. The number of allylic oxidation sites excluding steroid dienone is 1. The Labute approximate surface area is 167 Å². The summed E-state index contributed by atoms with van der Waals surface area (Å²) in [5, 5.41) is 0. The number of ketones is 1. The van der Waals surface area contributed by atoms with Crippen molar-refractivity contribution in [2.24, 2.45) is 5.92 Å². The van der Waals surface area contributed by atoms with Crippen molar-refractivity contribution in [3.05, 3.63) is 71.3 Å². The Kier molecular flexibility index (Phi) is 4.02. The maximum Gasteiger partial charge on any atom is 0.167 e. The molecular weight excluding hydrogens is 360 g/mol. The van der Waals surface area contributed by atoms with Crippen molar-refractivity contribution >= 4 is 51.7 Å². The van der Waals surface area contributed by atoms with Gasteiger partial charge in [0.25, 0.3) is 0 Å². The third-order valence-corrected chi connectivity index (χ3v) is 4.96. The van der Waals surface area contributed by atoms with E-state index in [0.29, 0.717) is 11.3 Å². The van der Waals surface area contributed by atoms with Crippen LogP contribution in [0.25, 0.3) is 45.9 Å². The van der Waals surface area contributed by atoms with Crippen molar-refractivity contribution in [3.63, 3.8) is 0 Å². The number of nitrogens with zero attached hydrogens (tertiary/aromatic N) is 2. The first kappa shape index (κ1) is 17.4. The van der Waals surface area contributed by atoms with E-state index in [-0.39, 0.29) is 11.7 Å². The highest BCUT2D eigenvalue weighted by Crippen LogP contribution is 2.26. The van der Waals surface area contributed by atoms with E-state index in [9.17, 15) is 4.79 Å². The van der Waals surface area contributed by atoms with Gasteiger partial charge in [-0.1, -0.05) is 13.8 Å². The van der Waals surface area contributed by atoms with Crippen molar-refractivity contribution in [3.8, 4) is 0 Å². The molecule has 0 spiro atoms. The van der Waals surface area contributed by atoms with E-state index in [1.165, 1.54) is 0 Å². The average molecular weight is 380 g/mol. The van der Waals surface area contributed by atoms with Crippen LogP contribution in [0.5, 0.6) is 0 Å². The van der Waals surface area contributed by atoms with E-state index >= 15 is 0 Å². The molecule has 2 aliphatic rings.